The zero-order valence-electron chi connectivity index (χ0n) is 20.5. The monoisotopic (exact) mass is 461 g/mol. The minimum Gasteiger partial charge on any atom is -0.460 e. The van der Waals surface area contributed by atoms with Crippen LogP contribution in [0.2, 0.25) is 0 Å². The van der Waals surface area contributed by atoms with Crippen LogP contribution in [0.5, 0.6) is 0 Å². The van der Waals surface area contributed by atoms with Crippen LogP contribution in [0.3, 0.4) is 0 Å². The Morgan fingerprint density at radius 2 is 2.03 bits per heavy atom. The fraction of sp³-hybridized carbons (Fsp3) is 0.385. The van der Waals surface area contributed by atoms with Crippen molar-refractivity contribution in [2.75, 3.05) is 24.3 Å². The number of carbonyl (C=O) groups is 1. The standard InChI is InChI=1S/C26H31N5O3/c1-7-20-24(29-23-18-11-9-8-10-17(18)13-21(23)34-16(3)32)26(33)31(6)25(28-20)19-14-27-22(30(4)5)12-15(19)2/h8-12,14,21,23,29H,7,13H2,1-6H3/t21-,23+/m0/s1. The molecule has 4 rings (SSSR count). The van der Waals surface area contributed by atoms with Gasteiger partial charge in [-0.25, -0.2) is 9.97 Å². The number of nitrogens with one attached hydrogen (secondary N) is 1. The van der Waals surface area contributed by atoms with Crippen molar-refractivity contribution >= 4 is 17.5 Å². The lowest BCUT2D eigenvalue weighted by Crippen LogP contribution is -2.32. The largest absolute Gasteiger partial charge is 0.460 e. The molecule has 0 saturated heterocycles. The Balaban J connectivity index is 1.77. The molecule has 2 heterocycles. The number of esters is 1. The van der Waals surface area contributed by atoms with Crippen LogP contribution >= 0.6 is 0 Å². The van der Waals surface area contributed by atoms with Crippen molar-refractivity contribution in [2.45, 2.75) is 45.8 Å². The second-order valence-corrected chi connectivity index (χ2v) is 8.90. The summed E-state index contributed by atoms with van der Waals surface area (Å²) in [5.41, 5.74) is 4.86. The van der Waals surface area contributed by atoms with Gasteiger partial charge in [0, 0.05) is 46.2 Å². The van der Waals surface area contributed by atoms with E-state index in [-0.39, 0.29) is 17.6 Å². The molecule has 0 spiro atoms. The number of hydrogen-bond donors (Lipinski definition) is 1. The Bertz CT molecular complexity index is 1300. The number of fused-ring (bicyclic) bond motifs is 1. The first kappa shape index (κ1) is 23.5. The lowest BCUT2D eigenvalue weighted by Gasteiger charge is -2.24. The Morgan fingerprint density at radius 3 is 2.68 bits per heavy atom. The van der Waals surface area contributed by atoms with Gasteiger partial charge in [0.1, 0.15) is 23.4 Å². The number of anilines is 2. The number of aromatic nitrogens is 3. The maximum absolute atomic E-state index is 13.6. The highest BCUT2D eigenvalue weighted by molar-refractivity contribution is 5.67. The number of benzene rings is 1. The average molecular weight is 462 g/mol. The molecule has 34 heavy (non-hydrogen) atoms. The number of pyridine rings is 1. The molecule has 2 atom stereocenters. The molecule has 1 aliphatic carbocycles. The van der Waals surface area contributed by atoms with Gasteiger partial charge < -0.3 is 15.0 Å². The second kappa shape index (κ2) is 9.29. The molecule has 1 aromatic carbocycles. The van der Waals surface area contributed by atoms with E-state index in [0.29, 0.717) is 30.0 Å². The molecule has 178 valence electrons. The average Bonchev–Trinajstić information content (AvgIpc) is 3.13. The van der Waals surface area contributed by atoms with E-state index in [1.54, 1.807) is 17.8 Å². The number of ether oxygens (including phenoxy) is 1. The van der Waals surface area contributed by atoms with Crippen LogP contribution in [-0.4, -0.2) is 40.7 Å². The minimum atomic E-state index is -0.394. The van der Waals surface area contributed by atoms with Gasteiger partial charge in [-0.2, -0.15) is 0 Å². The van der Waals surface area contributed by atoms with Crippen LogP contribution < -0.4 is 15.8 Å². The molecule has 1 N–H and O–H groups in total. The molecule has 3 aromatic rings. The zero-order chi connectivity index (χ0) is 24.6. The summed E-state index contributed by atoms with van der Waals surface area (Å²) in [6, 6.07) is 9.62. The molecular formula is C26H31N5O3. The van der Waals surface area contributed by atoms with Crippen LogP contribution in [0.4, 0.5) is 11.5 Å². The van der Waals surface area contributed by atoms with Crippen LogP contribution in [0, 0.1) is 6.92 Å². The van der Waals surface area contributed by atoms with Crippen LogP contribution in [0.25, 0.3) is 11.4 Å². The van der Waals surface area contributed by atoms with Crippen molar-refractivity contribution in [1.82, 2.24) is 14.5 Å². The van der Waals surface area contributed by atoms with E-state index in [1.165, 1.54) is 6.92 Å². The summed E-state index contributed by atoms with van der Waals surface area (Å²) < 4.78 is 7.18. The number of carbonyl (C=O) groups excluding carboxylic acids is 1. The first-order valence-corrected chi connectivity index (χ1v) is 11.5. The van der Waals surface area contributed by atoms with E-state index >= 15 is 0 Å². The van der Waals surface area contributed by atoms with Crippen molar-refractivity contribution in [3.63, 3.8) is 0 Å². The summed E-state index contributed by atoms with van der Waals surface area (Å²) >= 11 is 0. The first-order chi connectivity index (χ1) is 16.2. The van der Waals surface area contributed by atoms with Gasteiger partial charge in [-0.3, -0.25) is 14.2 Å². The van der Waals surface area contributed by atoms with Gasteiger partial charge in [0.2, 0.25) is 0 Å². The van der Waals surface area contributed by atoms with Gasteiger partial charge in [0.05, 0.1) is 11.7 Å². The molecule has 0 radical (unpaired) electrons. The van der Waals surface area contributed by atoms with Crippen molar-refractivity contribution in [1.29, 1.82) is 0 Å². The van der Waals surface area contributed by atoms with Gasteiger partial charge in [-0.15, -0.1) is 0 Å². The number of rotatable bonds is 6. The quantitative estimate of drug-likeness (QED) is 0.563. The van der Waals surface area contributed by atoms with Crippen molar-refractivity contribution in [3.8, 4) is 11.4 Å². The topological polar surface area (TPSA) is 89.3 Å². The lowest BCUT2D eigenvalue weighted by atomic mass is 10.1. The molecular weight excluding hydrogens is 430 g/mol. The molecule has 8 heteroatoms. The lowest BCUT2D eigenvalue weighted by molar-refractivity contribution is -0.146. The fourth-order valence-electron chi connectivity index (χ4n) is 4.52. The number of aryl methyl sites for hydroxylation is 2. The Labute approximate surface area is 199 Å². The maximum atomic E-state index is 13.6. The maximum Gasteiger partial charge on any atom is 0.302 e. The molecule has 0 aliphatic heterocycles. The molecule has 8 nitrogen and oxygen atoms in total. The third kappa shape index (κ3) is 4.27. The molecule has 0 bridgehead atoms. The summed E-state index contributed by atoms with van der Waals surface area (Å²) in [7, 11) is 5.60. The fourth-order valence-corrected chi connectivity index (χ4v) is 4.52. The summed E-state index contributed by atoms with van der Waals surface area (Å²) in [6.45, 7) is 5.38. The predicted octanol–water partition coefficient (Wildman–Crippen LogP) is 3.42. The molecule has 0 unspecified atom stereocenters. The molecule has 0 saturated carbocycles. The first-order valence-electron chi connectivity index (χ1n) is 11.5. The highest BCUT2D eigenvalue weighted by atomic mass is 16.5. The van der Waals surface area contributed by atoms with E-state index in [0.717, 1.165) is 28.1 Å². The highest BCUT2D eigenvalue weighted by Gasteiger charge is 2.35. The van der Waals surface area contributed by atoms with Crippen molar-refractivity contribution in [2.24, 2.45) is 7.05 Å². The van der Waals surface area contributed by atoms with E-state index < -0.39 is 6.10 Å². The summed E-state index contributed by atoms with van der Waals surface area (Å²) in [6.07, 6.45) is 2.54. The van der Waals surface area contributed by atoms with E-state index in [1.807, 2.05) is 63.2 Å². The van der Waals surface area contributed by atoms with E-state index in [2.05, 4.69) is 10.3 Å². The second-order valence-electron chi connectivity index (χ2n) is 8.90. The predicted molar refractivity (Wildman–Crippen MR) is 133 cm³/mol. The molecule has 1 aliphatic rings. The third-order valence-electron chi connectivity index (χ3n) is 6.30. The summed E-state index contributed by atoms with van der Waals surface area (Å²) in [4.78, 5) is 36.7. The number of hydrogen-bond acceptors (Lipinski definition) is 7. The van der Waals surface area contributed by atoms with Gasteiger partial charge in [0.15, 0.2) is 0 Å². The Morgan fingerprint density at radius 1 is 1.29 bits per heavy atom. The zero-order valence-corrected chi connectivity index (χ0v) is 20.5. The van der Waals surface area contributed by atoms with E-state index in [4.69, 9.17) is 9.72 Å². The van der Waals surface area contributed by atoms with Crippen LogP contribution in [0.15, 0.2) is 41.3 Å². The van der Waals surface area contributed by atoms with Gasteiger partial charge in [-0.1, -0.05) is 31.2 Å². The van der Waals surface area contributed by atoms with Crippen molar-refractivity contribution in [3.05, 3.63) is 69.3 Å². The van der Waals surface area contributed by atoms with Gasteiger partial charge >= 0.3 is 5.97 Å². The van der Waals surface area contributed by atoms with E-state index in [9.17, 15) is 9.59 Å². The Kier molecular flexibility index (Phi) is 6.41. The van der Waals surface area contributed by atoms with Gasteiger partial charge in [-0.05, 0) is 36.1 Å². The normalized spacial score (nSPS) is 16.8. The molecule has 0 amide bonds. The third-order valence-corrected chi connectivity index (χ3v) is 6.30. The number of nitrogens with zero attached hydrogens (tertiary/aromatic N) is 4. The summed E-state index contributed by atoms with van der Waals surface area (Å²) in [5, 5.41) is 3.40. The minimum absolute atomic E-state index is 0.177. The molecule has 0 fully saturated rings. The highest BCUT2D eigenvalue weighted by Crippen LogP contribution is 2.36. The van der Waals surface area contributed by atoms with Crippen molar-refractivity contribution < 1.29 is 9.53 Å². The smallest absolute Gasteiger partial charge is 0.302 e. The van der Waals surface area contributed by atoms with Gasteiger partial charge in [0.25, 0.3) is 5.56 Å². The molecule has 2 aromatic heterocycles. The van der Waals surface area contributed by atoms with Crippen LogP contribution in [0.1, 0.15) is 42.3 Å². The SMILES string of the molecule is CCc1nc(-c2cnc(N(C)C)cc2C)n(C)c(=O)c1N[C@@H]1c2ccccc2C[C@@H]1OC(C)=O. The van der Waals surface area contributed by atoms with Crippen LogP contribution in [-0.2, 0) is 29.4 Å². The Hall–Kier alpha value is -3.68. The summed E-state index contributed by atoms with van der Waals surface area (Å²) in [5.74, 6) is 1.08.